The monoisotopic (exact) mass is 471 g/mol. The number of nitrogens with zero attached hydrogens (tertiary/aromatic N) is 1. The fraction of sp³-hybridized carbons (Fsp3) is 0.240. The Morgan fingerprint density at radius 3 is 2.48 bits per heavy atom. The molecule has 0 aliphatic heterocycles. The fourth-order valence-corrected chi connectivity index (χ4v) is 5.19. The molecule has 2 aromatic carbocycles. The Hall–Kier alpha value is -3.23. The molecule has 0 radical (unpaired) electrons. The van der Waals surface area contributed by atoms with Crippen molar-refractivity contribution in [2.24, 2.45) is 0 Å². The van der Waals surface area contributed by atoms with Gasteiger partial charge in [-0.3, -0.25) is 0 Å². The van der Waals surface area contributed by atoms with Crippen molar-refractivity contribution >= 4 is 28.2 Å². The van der Waals surface area contributed by atoms with Gasteiger partial charge < -0.3 is 19.5 Å². The molecule has 2 heterocycles. The molecule has 172 valence electrons. The van der Waals surface area contributed by atoms with E-state index in [1.165, 1.54) is 18.2 Å². The number of phenolic OH excluding ortho intramolecular Hbond substituents is 1. The Balaban J connectivity index is 2.21. The molecular formula is C25H23F2NO4S. The normalized spacial score (nSPS) is 11.9. The van der Waals surface area contributed by atoms with Crippen molar-refractivity contribution in [2.45, 2.75) is 26.2 Å². The molecule has 5 nitrogen and oxygen atoms in total. The van der Waals surface area contributed by atoms with E-state index in [-0.39, 0.29) is 23.1 Å². The van der Waals surface area contributed by atoms with Gasteiger partial charge in [0.1, 0.15) is 22.3 Å². The second-order valence-electron chi connectivity index (χ2n) is 8.60. The van der Waals surface area contributed by atoms with Crippen LogP contribution in [0.25, 0.3) is 27.0 Å². The Kier molecular flexibility index (Phi) is 5.76. The first-order valence-electron chi connectivity index (χ1n) is 10.2. The topological polar surface area (TPSA) is 71.7 Å². The third-order valence-electron chi connectivity index (χ3n) is 5.62. The molecule has 8 heteroatoms. The molecule has 0 aliphatic rings. The zero-order chi connectivity index (χ0) is 24.1. The molecule has 0 fully saturated rings. The number of aromatic hydroxyl groups is 1. The van der Waals surface area contributed by atoms with Crippen molar-refractivity contribution in [3.63, 3.8) is 0 Å². The average molecular weight is 472 g/mol. The number of halogens is 2. The number of rotatable bonds is 6. The first-order chi connectivity index (χ1) is 15.5. The maximum absolute atomic E-state index is 14.5. The number of hydrogen-bond acceptors (Lipinski definition) is 4. The summed E-state index contributed by atoms with van der Waals surface area (Å²) in [4.78, 5) is 12.3. The Morgan fingerprint density at radius 1 is 1.15 bits per heavy atom. The largest absolute Gasteiger partial charge is 0.507 e. The van der Waals surface area contributed by atoms with Gasteiger partial charge in [0.15, 0.2) is 0 Å². The third-order valence-corrected chi connectivity index (χ3v) is 6.71. The SMILES string of the molecule is COCC(C)(C)c1c(-c2ccc(C(=O)O)s2)c2c(O)cc(F)cc2n1-c1ccc(F)c(C)c1. The lowest BCUT2D eigenvalue weighted by molar-refractivity contribution is 0.0702. The van der Waals surface area contributed by atoms with Crippen molar-refractivity contribution in [2.75, 3.05) is 13.7 Å². The van der Waals surface area contributed by atoms with Crippen LogP contribution >= 0.6 is 11.3 Å². The molecule has 0 unspecified atom stereocenters. The molecule has 0 saturated heterocycles. The first-order valence-corrected chi connectivity index (χ1v) is 11.0. The highest BCUT2D eigenvalue weighted by Crippen LogP contribution is 2.48. The van der Waals surface area contributed by atoms with Gasteiger partial charge in [-0.2, -0.15) is 0 Å². The van der Waals surface area contributed by atoms with Crippen LogP contribution in [-0.4, -0.2) is 34.5 Å². The molecule has 2 N–H and O–H groups in total. The molecule has 0 saturated carbocycles. The van der Waals surface area contributed by atoms with E-state index in [9.17, 15) is 23.8 Å². The van der Waals surface area contributed by atoms with Gasteiger partial charge in [-0.05, 0) is 48.9 Å². The number of aryl methyl sites for hydroxylation is 1. The van der Waals surface area contributed by atoms with Gasteiger partial charge in [-0.1, -0.05) is 13.8 Å². The van der Waals surface area contributed by atoms with Gasteiger partial charge in [-0.25, -0.2) is 13.6 Å². The number of ether oxygens (including phenoxy) is 1. The standard InChI is InChI=1S/C25H23F2NO4S/c1-13-9-15(5-6-16(13)27)28-17-10-14(26)11-18(29)21(17)22(23(28)25(2,3)12-32-4)19-7-8-20(33-19)24(30)31/h5-11,29H,12H2,1-4H3,(H,30,31). The number of carboxylic acids is 1. The van der Waals surface area contributed by atoms with Crippen LogP contribution in [-0.2, 0) is 10.2 Å². The number of phenols is 1. The van der Waals surface area contributed by atoms with E-state index < -0.39 is 17.2 Å². The summed E-state index contributed by atoms with van der Waals surface area (Å²) in [6.45, 7) is 5.82. The first kappa shape index (κ1) is 22.9. The minimum absolute atomic E-state index is 0.139. The van der Waals surface area contributed by atoms with Crippen LogP contribution in [0.3, 0.4) is 0 Å². The fourth-order valence-electron chi connectivity index (χ4n) is 4.30. The molecular weight excluding hydrogens is 448 g/mol. The van der Waals surface area contributed by atoms with Gasteiger partial charge in [0.2, 0.25) is 0 Å². The second kappa shape index (κ2) is 8.28. The minimum atomic E-state index is -1.06. The van der Waals surface area contributed by atoms with Crippen molar-refractivity contribution in [3.8, 4) is 21.9 Å². The predicted molar refractivity (Wildman–Crippen MR) is 125 cm³/mol. The second-order valence-corrected chi connectivity index (χ2v) is 9.68. The summed E-state index contributed by atoms with van der Waals surface area (Å²) < 4.78 is 35.8. The van der Waals surface area contributed by atoms with E-state index in [1.807, 2.05) is 13.8 Å². The molecule has 0 amide bonds. The summed E-state index contributed by atoms with van der Waals surface area (Å²) in [5.41, 5.74) is 2.01. The van der Waals surface area contributed by atoms with Crippen LogP contribution in [0.4, 0.5) is 8.78 Å². The Labute approximate surface area is 193 Å². The molecule has 0 bridgehead atoms. The summed E-state index contributed by atoms with van der Waals surface area (Å²) in [6, 6.07) is 10.1. The van der Waals surface area contributed by atoms with Crippen molar-refractivity contribution in [1.82, 2.24) is 4.57 Å². The average Bonchev–Trinajstić information content (AvgIpc) is 3.33. The number of aromatic nitrogens is 1. The number of fused-ring (bicyclic) bond motifs is 1. The highest BCUT2D eigenvalue weighted by atomic mass is 32.1. The highest BCUT2D eigenvalue weighted by Gasteiger charge is 2.34. The summed E-state index contributed by atoms with van der Waals surface area (Å²) >= 11 is 1.07. The van der Waals surface area contributed by atoms with E-state index in [0.29, 0.717) is 38.3 Å². The molecule has 0 spiro atoms. The van der Waals surface area contributed by atoms with Crippen LogP contribution in [0.2, 0.25) is 0 Å². The zero-order valence-electron chi connectivity index (χ0n) is 18.6. The van der Waals surface area contributed by atoms with Crippen molar-refractivity contribution < 1.29 is 28.5 Å². The summed E-state index contributed by atoms with van der Waals surface area (Å²) in [5, 5.41) is 20.7. The molecule has 4 aromatic rings. The number of carbonyl (C=O) groups is 1. The summed E-state index contributed by atoms with van der Waals surface area (Å²) in [6.07, 6.45) is 0. The van der Waals surface area contributed by atoms with Crippen LogP contribution in [0.5, 0.6) is 5.75 Å². The zero-order valence-corrected chi connectivity index (χ0v) is 19.4. The lowest BCUT2D eigenvalue weighted by Gasteiger charge is -2.28. The quantitative estimate of drug-likeness (QED) is 0.348. The maximum Gasteiger partial charge on any atom is 0.345 e. The number of carboxylic acid groups (broad SMARTS) is 1. The molecule has 0 atom stereocenters. The van der Waals surface area contributed by atoms with Gasteiger partial charge in [0.25, 0.3) is 0 Å². The summed E-state index contributed by atoms with van der Waals surface area (Å²) in [5.74, 6) is -2.32. The van der Waals surface area contributed by atoms with Gasteiger partial charge in [0.05, 0.1) is 17.5 Å². The Bertz CT molecular complexity index is 1390. The lowest BCUT2D eigenvalue weighted by atomic mass is 9.86. The number of hydrogen-bond donors (Lipinski definition) is 2. The number of aromatic carboxylic acids is 1. The number of methoxy groups -OCH3 is 1. The van der Waals surface area contributed by atoms with E-state index in [4.69, 9.17) is 4.74 Å². The molecule has 4 rings (SSSR count). The Morgan fingerprint density at radius 2 is 1.88 bits per heavy atom. The van der Waals surface area contributed by atoms with Crippen LogP contribution in [0, 0.1) is 18.6 Å². The summed E-state index contributed by atoms with van der Waals surface area (Å²) in [7, 11) is 1.57. The van der Waals surface area contributed by atoms with Gasteiger partial charge >= 0.3 is 5.97 Å². The van der Waals surface area contributed by atoms with Crippen LogP contribution in [0.15, 0.2) is 42.5 Å². The van der Waals surface area contributed by atoms with Crippen molar-refractivity contribution in [3.05, 3.63) is 70.2 Å². The number of thiophene rings is 1. The number of benzene rings is 2. The molecule has 2 aromatic heterocycles. The van der Waals surface area contributed by atoms with E-state index >= 15 is 0 Å². The van der Waals surface area contributed by atoms with E-state index in [0.717, 1.165) is 17.4 Å². The van der Waals surface area contributed by atoms with Gasteiger partial charge in [-0.15, -0.1) is 11.3 Å². The maximum atomic E-state index is 14.5. The van der Waals surface area contributed by atoms with E-state index in [1.54, 1.807) is 36.8 Å². The van der Waals surface area contributed by atoms with E-state index in [2.05, 4.69) is 0 Å². The third kappa shape index (κ3) is 3.89. The highest BCUT2D eigenvalue weighted by molar-refractivity contribution is 7.17. The van der Waals surface area contributed by atoms with Crippen molar-refractivity contribution in [1.29, 1.82) is 0 Å². The predicted octanol–water partition coefficient (Wildman–Crippen LogP) is 6.27. The smallest absolute Gasteiger partial charge is 0.345 e. The minimum Gasteiger partial charge on any atom is -0.507 e. The van der Waals surface area contributed by atoms with Crippen LogP contribution in [0.1, 0.15) is 34.8 Å². The molecule has 0 aliphatic carbocycles. The molecule has 33 heavy (non-hydrogen) atoms. The van der Waals surface area contributed by atoms with Crippen LogP contribution < -0.4 is 0 Å². The van der Waals surface area contributed by atoms with Gasteiger partial charge in [0, 0.05) is 40.4 Å². The lowest BCUT2D eigenvalue weighted by Crippen LogP contribution is -2.27.